The smallest absolute Gasteiger partial charge is 0.0636 e. The Morgan fingerprint density at radius 1 is 1.56 bits per heavy atom. The van der Waals surface area contributed by atoms with Gasteiger partial charge >= 0.3 is 0 Å². The number of ether oxygens (including phenoxy) is 1. The van der Waals surface area contributed by atoms with E-state index in [-0.39, 0.29) is 12.1 Å². The molecule has 5 heteroatoms. The van der Waals surface area contributed by atoms with Gasteiger partial charge in [-0.1, -0.05) is 0 Å². The van der Waals surface area contributed by atoms with Crippen LogP contribution >= 0.6 is 0 Å². The van der Waals surface area contributed by atoms with Gasteiger partial charge in [-0.05, 0) is 32.8 Å². The van der Waals surface area contributed by atoms with Crippen molar-refractivity contribution in [2.45, 2.75) is 38.8 Å². The van der Waals surface area contributed by atoms with Gasteiger partial charge in [-0.3, -0.25) is 16.0 Å². The summed E-state index contributed by atoms with van der Waals surface area (Å²) in [7, 11) is 1.95. The van der Waals surface area contributed by atoms with E-state index in [0.717, 1.165) is 12.8 Å². The van der Waals surface area contributed by atoms with Crippen molar-refractivity contribution < 1.29 is 4.74 Å². The number of nitrogens with zero attached hydrogens (tertiary/aromatic N) is 2. The lowest BCUT2D eigenvalue weighted by atomic mass is 10.1. The van der Waals surface area contributed by atoms with Gasteiger partial charge in [-0.15, -0.1) is 0 Å². The quantitative estimate of drug-likeness (QED) is 0.528. The zero-order valence-corrected chi connectivity index (χ0v) is 10.3. The van der Waals surface area contributed by atoms with E-state index in [4.69, 9.17) is 10.6 Å². The van der Waals surface area contributed by atoms with Gasteiger partial charge in [0.1, 0.15) is 0 Å². The summed E-state index contributed by atoms with van der Waals surface area (Å²) in [5.41, 5.74) is 4.00. The lowest BCUT2D eigenvalue weighted by molar-refractivity contribution is 0.0595. The molecule has 0 fully saturated rings. The first-order chi connectivity index (χ1) is 7.63. The summed E-state index contributed by atoms with van der Waals surface area (Å²) in [4.78, 5) is 0. The molecular formula is C11H22N4O. The monoisotopic (exact) mass is 226 g/mol. The van der Waals surface area contributed by atoms with Crippen LogP contribution in [0.1, 0.15) is 26.0 Å². The Bertz CT molecular complexity index is 298. The molecule has 5 nitrogen and oxygen atoms in total. The molecule has 3 N–H and O–H groups in total. The number of rotatable bonds is 7. The van der Waals surface area contributed by atoms with Crippen molar-refractivity contribution >= 4 is 0 Å². The molecule has 0 bridgehead atoms. The maximum Gasteiger partial charge on any atom is 0.0636 e. The number of aryl methyl sites for hydroxylation is 2. The van der Waals surface area contributed by atoms with E-state index < -0.39 is 0 Å². The van der Waals surface area contributed by atoms with Crippen LogP contribution in [0.15, 0.2) is 12.3 Å². The molecule has 0 aliphatic heterocycles. The van der Waals surface area contributed by atoms with Gasteiger partial charge < -0.3 is 4.74 Å². The number of hydrogen-bond donors (Lipinski definition) is 2. The molecule has 1 aromatic heterocycles. The molecule has 1 heterocycles. The van der Waals surface area contributed by atoms with Crippen molar-refractivity contribution in [2.24, 2.45) is 12.9 Å². The van der Waals surface area contributed by atoms with E-state index in [2.05, 4.69) is 10.5 Å². The summed E-state index contributed by atoms with van der Waals surface area (Å²) >= 11 is 0. The Morgan fingerprint density at radius 2 is 2.31 bits per heavy atom. The van der Waals surface area contributed by atoms with Crippen LogP contribution in [0, 0.1) is 0 Å². The second kappa shape index (κ2) is 6.62. The molecule has 1 atom stereocenters. The molecule has 0 saturated carbocycles. The van der Waals surface area contributed by atoms with Crippen molar-refractivity contribution in [1.82, 2.24) is 15.2 Å². The fraction of sp³-hybridized carbons (Fsp3) is 0.727. The highest BCUT2D eigenvalue weighted by Gasteiger charge is 2.09. The summed E-state index contributed by atoms with van der Waals surface area (Å²) in [6, 6.07) is 2.22. The van der Waals surface area contributed by atoms with Crippen LogP contribution in [0.25, 0.3) is 0 Å². The van der Waals surface area contributed by atoms with E-state index in [1.807, 2.05) is 37.8 Å². The van der Waals surface area contributed by atoms with Crippen molar-refractivity contribution in [2.75, 3.05) is 6.61 Å². The lowest BCUT2D eigenvalue weighted by Crippen LogP contribution is -2.39. The molecule has 0 saturated heterocycles. The molecule has 0 aromatic carbocycles. The molecule has 1 aromatic rings. The zero-order chi connectivity index (χ0) is 12.0. The first kappa shape index (κ1) is 13.2. The van der Waals surface area contributed by atoms with E-state index >= 15 is 0 Å². The SMILES string of the molecule is CC(C)OCC(CCc1ccnn1C)NN. The second-order valence-corrected chi connectivity index (χ2v) is 4.23. The van der Waals surface area contributed by atoms with Crippen LogP contribution in [-0.2, 0) is 18.2 Å². The average Bonchev–Trinajstić information content (AvgIpc) is 2.64. The van der Waals surface area contributed by atoms with Gasteiger partial charge in [-0.25, -0.2) is 0 Å². The highest BCUT2D eigenvalue weighted by Crippen LogP contribution is 2.04. The van der Waals surface area contributed by atoms with E-state index in [1.54, 1.807) is 0 Å². The first-order valence-electron chi connectivity index (χ1n) is 5.68. The van der Waals surface area contributed by atoms with Gasteiger partial charge in [0.05, 0.1) is 12.7 Å². The Balaban J connectivity index is 2.31. The van der Waals surface area contributed by atoms with Crippen LogP contribution in [-0.4, -0.2) is 28.5 Å². The maximum absolute atomic E-state index is 5.53. The number of hydrogen-bond acceptors (Lipinski definition) is 4. The summed E-state index contributed by atoms with van der Waals surface area (Å²) in [5.74, 6) is 5.48. The molecule has 0 amide bonds. The molecule has 0 aliphatic carbocycles. The highest BCUT2D eigenvalue weighted by molar-refractivity contribution is 5.00. The fourth-order valence-corrected chi connectivity index (χ4v) is 1.49. The molecule has 92 valence electrons. The zero-order valence-electron chi connectivity index (χ0n) is 10.3. The van der Waals surface area contributed by atoms with E-state index in [1.165, 1.54) is 5.69 Å². The van der Waals surface area contributed by atoms with Crippen LogP contribution in [0.2, 0.25) is 0 Å². The Hall–Kier alpha value is -0.910. The third kappa shape index (κ3) is 4.30. The van der Waals surface area contributed by atoms with Crippen molar-refractivity contribution in [3.8, 4) is 0 Å². The predicted octanol–water partition coefficient (Wildman–Crippen LogP) is 0.610. The summed E-state index contributed by atoms with van der Waals surface area (Å²) in [5, 5.41) is 4.13. The summed E-state index contributed by atoms with van der Waals surface area (Å²) in [6.07, 6.45) is 3.95. The predicted molar refractivity (Wildman–Crippen MR) is 63.7 cm³/mol. The van der Waals surface area contributed by atoms with E-state index in [9.17, 15) is 0 Å². The van der Waals surface area contributed by atoms with Gasteiger partial charge in [0, 0.05) is 25.0 Å². The largest absolute Gasteiger partial charge is 0.377 e. The van der Waals surface area contributed by atoms with Crippen molar-refractivity contribution in [3.63, 3.8) is 0 Å². The normalized spacial score (nSPS) is 13.3. The number of nitrogens with two attached hydrogens (primary N) is 1. The standard InChI is InChI=1S/C11H22N4O/c1-9(2)16-8-10(14-12)4-5-11-6-7-13-15(11)3/h6-7,9-10,14H,4-5,8,12H2,1-3H3. The van der Waals surface area contributed by atoms with Gasteiger partial charge in [0.25, 0.3) is 0 Å². The molecular weight excluding hydrogens is 204 g/mol. The molecule has 0 aliphatic rings. The van der Waals surface area contributed by atoms with Crippen LogP contribution < -0.4 is 11.3 Å². The van der Waals surface area contributed by atoms with Gasteiger partial charge in [0.15, 0.2) is 0 Å². The fourth-order valence-electron chi connectivity index (χ4n) is 1.49. The van der Waals surface area contributed by atoms with Crippen molar-refractivity contribution in [1.29, 1.82) is 0 Å². The van der Waals surface area contributed by atoms with Crippen molar-refractivity contribution in [3.05, 3.63) is 18.0 Å². The molecule has 1 rings (SSSR count). The minimum absolute atomic E-state index is 0.192. The summed E-state index contributed by atoms with van der Waals surface area (Å²) in [6.45, 7) is 4.69. The van der Waals surface area contributed by atoms with Gasteiger partial charge in [0.2, 0.25) is 0 Å². The first-order valence-corrected chi connectivity index (χ1v) is 5.68. The molecule has 1 unspecified atom stereocenters. The maximum atomic E-state index is 5.53. The Kier molecular flexibility index (Phi) is 5.45. The molecule has 16 heavy (non-hydrogen) atoms. The number of hydrazine groups is 1. The highest BCUT2D eigenvalue weighted by atomic mass is 16.5. The minimum Gasteiger partial charge on any atom is -0.377 e. The number of aromatic nitrogens is 2. The van der Waals surface area contributed by atoms with Gasteiger partial charge in [-0.2, -0.15) is 5.10 Å². The van der Waals surface area contributed by atoms with E-state index in [0.29, 0.717) is 6.61 Å². The average molecular weight is 226 g/mol. The Labute approximate surface area is 96.9 Å². The minimum atomic E-state index is 0.192. The topological polar surface area (TPSA) is 65.1 Å². The summed E-state index contributed by atoms with van der Waals surface area (Å²) < 4.78 is 7.42. The second-order valence-electron chi connectivity index (χ2n) is 4.23. The lowest BCUT2D eigenvalue weighted by Gasteiger charge is -2.17. The molecule has 0 spiro atoms. The third-order valence-electron chi connectivity index (χ3n) is 2.54. The van der Waals surface area contributed by atoms with Crippen LogP contribution in [0.5, 0.6) is 0 Å². The molecule has 0 radical (unpaired) electrons. The van der Waals surface area contributed by atoms with Crippen LogP contribution in [0.4, 0.5) is 0 Å². The third-order valence-corrected chi connectivity index (χ3v) is 2.54. The number of nitrogens with one attached hydrogen (secondary N) is 1. The van der Waals surface area contributed by atoms with Crippen LogP contribution in [0.3, 0.4) is 0 Å². The Morgan fingerprint density at radius 3 is 2.81 bits per heavy atom.